The molecular formula is C17H29ClN2O2S. The number of amides is 1. The lowest BCUT2D eigenvalue weighted by molar-refractivity contribution is -0.171. The summed E-state index contributed by atoms with van der Waals surface area (Å²) >= 11 is 1.76. The fourth-order valence-corrected chi connectivity index (χ4v) is 4.33. The van der Waals surface area contributed by atoms with Crippen LogP contribution in [0.2, 0.25) is 0 Å². The summed E-state index contributed by atoms with van der Waals surface area (Å²) in [5.74, 6) is -0.0794. The number of nitrogens with two attached hydrogens (primary N) is 1. The zero-order valence-electron chi connectivity index (χ0n) is 14.9. The predicted octanol–water partition coefficient (Wildman–Crippen LogP) is 3.50. The van der Waals surface area contributed by atoms with Gasteiger partial charge in [-0.2, -0.15) is 0 Å². The third-order valence-corrected chi connectivity index (χ3v) is 6.11. The first-order valence-electron chi connectivity index (χ1n) is 7.92. The topological polar surface area (TPSA) is 64.3 Å². The van der Waals surface area contributed by atoms with Gasteiger partial charge in [0.15, 0.2) is 0 Å². The Balaban J connectivity index is 0.00000264. The highest BCUT2D eigenvalue weighted by Gasteiger charge is 2.62. The zero-order chi connectivity index (χ0) is 16.7. The second kappa shape index (κ2) is 7.09. The standard InChI is InChI=1S/C17H28N2O2S.ClH/c1-7-21-14-9-17(18,16(14,5)6)15(20)19-11(3)13-8-10(2)22-12(13)4;/h8,11,14H,7,9,18H2,1-6H3,(H,19,20);1H. The minimum atomic E-state index is -0.861. The molecule has 0 spiro atoms. The average Bonchev–Trinajstić information content (AvgIpc) is 2.77. The Labute approximate surface area is 149 Å². The summed E-state index contributed by atoms with van der Waals surface area (Å²) in [4.78, 5) is 15.2. The summed E-state index contributed by atoms with van der Waals surface area (Å²) in [5, 5.41) is 3.10. The van der Waals surface area contributed by atoms with Crippen molar-refractivity contribution in [1.82, 2.24) is 5.32 Å². The molecule has 0 aromatic carbocycles. The Morgan fingerprint density at radius 3 is 2.57 bits per heavy atom. The minimum Gasteiger partial charge on any atom is -0.378 e. The molecule has 132 valence electrons. The summed E-state index contributed by atoms with van der Waals surface area (Å²) in [6.45, 7) is 12.8. The van der Waals surface area contributed by atoms with Crippen molar-refractivity contribution in [3.8, 4) is 0 Å². The van der Waals surface area contributed by atoms with Crippen molar-refractivity contribution in [2.24, 2.45) is 11.1 Å². The Hall–Kier alpha value is -0.620. The molecule has 23 heavy (non-hydrogen) atoms. The highest BCUT2D eigenvalue weighted by Crippen LogP contribution is 2.50. The van der Waals surface area contributed by atoms with Crippen LogP contribution in [0.15, 0.2) is 6.07 Å². The first-order valence-corrected chi connectivity index (χ1v) is 8.73. The van der Waals surface area contributed by atoms with E-state index in [1.165, 1.54) is 15.3 Å². The number of hydrogen-bond acceptors (Lipinski definition) is 4. The van der Waals surface area contributed by atoms with Gasteiger partial charge in [-0.05, 0) is 39.3 Å². The maximum Gasteiger partial charge on any atom is 0.241 e. The monoisotopic (exact) mass is 360 g/mol. The SMILES string of the molecule is CCOC1CC(N)(C(=O)NC(C)c2cc(C)sc2C)C1(C)C.Cl. The van der Waals surface area contributed by atoms with Crippen LogP contribution in [0.25, 0.3) is 0 Å². The Bertz CT molecular complexity index is 573. The molecule has 4 nitrogen and oxygen atoms in total. The number of carbonyl (C=O) groups is 1. The molecule has 0 aliphatic heterocycles. The first kappa shape index (κ1) is 20.4. The quantitative estimate of drug-likeness (QED) is 0.844. The fraction of sp³-hybridized carbons (Fsp3) is 0.706. The van der Waals surface area contributed by atoms with Gasteiger partial charge < -0.3 is 15.8 Å². The lowest BCUT2D eigenvalue weighted by Gasteiger charge is -2.57. The van der Waals surface area contributed by atoms with Crippen LogP contribution in [-0.2, 0) is 9.53 Å². The molecule has 1 amide bonds. The first-order chi connectivity index (χ1) is 10.1. The number of carbonyl (C=O) groups excluding carboxylic acids is 1. The van der Waals surface area contributed by atoms with E-state index in [0.29, 0.717) is 13.0 Å². The van der Waals surface area contributed by atoms with E-state index < -0.39 is 5.54 Å². The fourth-order valence-electron chi connectivity index (χ4n) is 3.30. The minimum absolute atomic E-state index is 0. The molecule has 1 aliphatic carbocycles. The Morgan fingerprint density at radius 1 is 1.52 bits per heavy atom. The number of rotatable bonds is 5. The van der Waals surface area contributed by atoms with Gasteiger partial charge in [-0.15, -0.1) is 23.7 Å². The summed E-state index contributed by atoms with van der Waals surface area (Å²) in [6.07, 6.45) is 0.627. The lowest BCUT2D eigenvalue weighted by atomic mass is 9.54. The van der Waals surface area contributed by atoms with Crippen LogP contribution < -0.4 is 11.1 Å². The smallest absolute Gasteiger partial charge is 0.241 e. The van der Waals surface area contributed by atoms with Crippen LogP contribution in [0.4, 0.5) is 0 Å². The van der Waals surface area contributed by atoms with Crippen LogP contribution >= 0.6 is 23.7 Å². The van der Waals surface area contributed by atoms with Crippen molar-refractivity contribution in [2.45, 2.75) is 65.6 Å². The van der Waals surface area contributed by atoms with E-state index in [1.807, 2.05) is 27.7 Å². The van der Waals surface area contributed by atoms with Crippen molar-refractivity contribution in [3.05, 3.63) is 21.4 Å². The summed E-state index contributed by atoms with van der Waals surface area (Å²) in [7, 11) is 0. The van der Waals surface area contributed by atoms with Crippen LogP contribution in [0.3, 0.4) is 0 Å². The normalized spacial score (nSPS) is 26.8. The van der Waals surface area contributed by atoms with Gasteiger partial charge in [0, 0.05) is 28.2 Å². The average molecular weight is 361 g/mol. The molecule has 2 rings (SSSR count). The predicted molar refractivity (Wildman–Crippen MR) is 98.3 cm³/mol. The Kier molecular flexibility index (Phi) is 6.30. The van der Waals surface area contributed by atoms with Crippen molar-refractivity contribution in [2.75, 3.05) is 6.61 Å². The molecule has 0 saturated heterocycles. The molecule has 3 unspecified atom stereocenters. The third-order valence-electron chi connectivity index (χ3n) is 5.13. The maximum atomic E-state index is 12.7. The molecule has 0 radical (unpaired) electrons. The lowest BCUT2D eigenvalue weighted by Crippen LogP contribution is -2.75. The zero-order valence-corrected chi connectivity index (χ0v) is 16.5. The second-order valence-corrected chi connectivity index (χ2v) is 8.37. The Morgan fingerprint density at radius 2 is 2.13 bits per heavy atom. The molecule has 3 N–H and O–H groups in total. The number of thiophene rings is 1. The third kappa shape index (κ3) is 3.43. The number of aryl methyl sites for hydroxylation is 2. The van der Waals surface area contributed by atoms with Crippen LogP contribution in [0.5, 0.6) is 0 Å². The number of halogens is 1. The maximum absolute atomic E-state index is 12.7. The van der Waals surface area contributed by atoms with Gasteiger partial charge in [-0.3, -0.25) is 4.79 Å². The summed E-state index contributed by atoms with van der Waals surface area (Å²) < 4.78 is 5.69. The van der Waals surface area contributed by atoms with E-state index in [2.05, 4.69) is 25.2 Å². The van der Waals surface area contributed by atoms with Crippen molar-refractivity contribution >= 4 is 29.7 Å². The largest absolute Gasteiger partial charge is 0.378 e. The van der Waals surface area contributed by atoms with Gasteiger partial charge in [0.25, 0.3) is 0 Å². The summed E-state index contributed by atoms with van der Waals surface area (Å²) in [6, 6.07) is 2.11. The molecule has 3 atom stereocenters. The molecule has 1 saturated carbocycles. The van der Waals surface area contributed by atoms with Gasteiger partial charge in [0.05, 0.1) is 12.1 Å². The molecule has 1 aromatic rings. The van der Waals surface area contributed by atoms with Crippen molar-refractivity contribution in [1.29, 1.82) is 0 Å². The number of ether oxygens (including phenoxy) is 1. The van der Waals surface area contributed by atoms with Crippen LogP contribution in [0, 0.1) is 19.3 Å². The van der Waals surface area contributed by atoms with E-state index in [4.69, 9.17) is 10.5 Å². The number of nitrogens with one attached hydrogen (secondary N) is 1. The molecule has 1 heterocycles. The highest BCUT2D eigenvalue weighted by molar-refractivity contribution is 7.12. The molecule has 0 bridgehead atoms. The van der Waals surface area contributed by atoms with Gasteiger partial charge >= 0.3 is 0 Å². The number of hydrogen-bond donors (Lipinski definition) is 2. The van der Waals surface area contributed by atoms with Crippen LogP contribution in [0.1, 0.15) is 55.5 Å². The molecule has 6 heteroatoms. The van der Waals surface area contributed by atoms with E-state index in [1.54, 1.807) is 11.3 Å². The van der Waals surface area contributed by atoms with E-state index in [9.17, 15) is 4.79 Å². The van der Waals surface area contributed by atoms with Crippen molar-refractivity contribution in [3.63, 3.8) is 0 Å². The highest BCUT2D eigenvalue weighted by atomic mass is 35.5. The van der Waals surface area contributed by atoms with Crippen LogP contribution in [-0.4, -0.2) is 24.2 Å². The van der Waals surface area contributed by atoms with Crippen molar-refractivity contribution < 1.29 is 9.53 Å². The molecular weight excluding hydrogens is 332 g/mol. The molecule has 1 aromatic heterocycles. The van der Waals surface area contributed by atoms with E-state index in [0.717, 1.165) is 0 Å². The van der Waals surface area contributed by atoms with Gasteiger partial charge in [-0.1, -0.05) is 13.8 Å². The van der Waals surface area contributed by atoms with E-state index >= 15 is 0 Å². The van der Waals surface area contributed by atoms with Gasteiger partial charge in [0.1, 0.15) is 5.54 Å². The molecule has 1 aliphatic rings. The second-order valence-electron chi connectivity index (χ2n) is 6.90. The van der Waals surface area contributed by atoms with E-state index in [-0.39, 0.29) is 35.9 Å². The van der Waals surface area contributed by atoms with Gasteiger partial charge in [0.2, 0.25) is 5.91 Å². The molecule has 1 fully saturated rings. The van der Waals surface area contributed by atoms with Gasteiger partial charge in [-0.25, -0.2) is 0 Å². The summed E-state index contributed by atoms with van der Waals surface area (Å²) in [5.41, 5.74) is 6.39.